The summed E-state index contributed by atoms with van der Waals surface area (Å²) in [5.74, 6) is 1.49. The van der Waals surface area contributed by atoms with E-state index >= 15 is 0 Å². The van der Waals surface area contributed by atoms with Gasteiger partial charge in [0.05, 0.1) is 12.5 Å². The van der Waals surface area contributed by atoms with Crippen LogP contribution in [0.3, 0.4) is 0 Å². The summed E-state index contributed by atoms with van der Waals surface area (Å²) in [7, 11) is 1.96. The Kier molecular flexibility index (Phi) is 3.25. The van der Waals surface area contributed by atoms with E-state index in [2.05, 4.69) is 25.0 Å². The summed E-state index contributed by atoms with van der Waals surface area (Å²) in [6, 6.07) is 1.98. The predicted molar refractivity (Wildman–Crippen MR) is 83.5 cm³/mol. The van der Waals surface area contributed by atoms with Crippen molar-refractivity contribution in [1.82, 2.24) is 29.3 Å². The van der Waals surface area contributed by atoms with E-state index in [1.54, 1.807) is 6.33 Å². The lowest BCUT2D eigenvalue weighted by Gasteiger charge is -2.31. The highest BCUT2D eigenvalue weighted by Gasteiger charge is 2.22. The number of hydrogen-bond donors (Lipinski definition) is 0. The van der Waals surface area contributed by atoms with Gasteiger partial charge in [-0.1, -0.05) is 0 Å². The first-order valence-corrected chi connectivity index (χ1v) is 7.66. The molecule has 0 radical (unpaired) electrons. The van der Waals surface area contributed by atoms with E-state index in [1.165, 1.54) is 0 Å². The number of anilines is 1. The number of fused-ring (bicyclic) bond motifs is 1. The summed E-state index contributed by atoms with van der Waals surface area (Å²) in [4.78, 5) is 15.7. The molecule has 1 fully saturated rings. The molecular formula is C15H19N7. The Hall–Kier alpha value is -2.44. The molecule has 22 heavy (non-hydrogen) atoms. The quantitative estimate of drug-likeness (QED) is 0.732. The van der Waals surface area contributed by atoms with Gasteiger partial charge in [-0.2, -0.15) is 10.1 Å². The van der Waals surface area contributed by atoms with E-state index in [9.17, 15) is 0 Å². The molecule has 0 N–H and O–H groups in total. The molecule has 0 aromatic carbocycles. The fourth-order valence-corrected chi connectivity index (χ4v) is 3.05. The van der Waals surface area contributed by atoms with Gasteiger partial charge in [0.2, 0.25) is 5.95 Å². The largest absolute Gasteiger partial charge is 0.341 e. The number of piperidine rings is 1. The molecule has 3 aromatic heterocycles. The van der Waals surface area contributed by atoms with Crippen LogP contribution >= 0.6 is 0 Å². The molecule has 7 nitrogen and oxygen atoms in total. The summed E-state index contributed by atoms with van der Waals surface area (Å²) >= 11 is 0. The molecule has 0 aliphatic carbocycles. The third-order valence-electron chi connectivity index (χ3n) is 4.34. The fourth-order valence-electron chi connectivity index (χ4n) is 3.05. The van der Waals surface area contributed by atoms with Gasteiger partial charge < -0.3 is 9.47 Å². The summed E-state index contributed by atoms with van der Waals surface area (Å²) in [5.41, 5.74) is 1.74. The van der Waals surface area contributed by atoms with E-state index in [1.807, 2.05) is 41.0 Å². The number of nitrogens with zero attached hydrogens (tertiary/aromatic N) is 7. The van der Waals surface area contributed by atoms with Gasteiger partial charge in [-0.25, -0.2) is 9.97 Å². The molecule has 4 rings (SSSR count). The minimum Gasteiger partial charge on any atom is -0.341 e. The second-order valence-electron chi connectivity index (χ2n) is 5.89. The molecular weight excluding hydrogens is 278 g/mol. The van der Waals surface area contributed by atoms with Gasteiger partial charge >= 0.3 is 0 Å². The van der Waals surface area contributed by atoms with Crippen LogP contribution in [-0.4, -0.2) is 42.4 Å². The molecule has 0 saturated carbocycles. The molecule has 1 aliphatic rings. The first-order chi connectivity index (χ1) is 10.8. The number of hydrogen-bond acceptors (Lipinski definition) is 5. The molecule has 1 saturated heterocycles. The topological polar surface area (TPSA) is 64.7 Å². The average molecular weight is 297 g/mol. The Bertz CT molecular complexity index is 753. The Morgan fingerprint density at radius 1 is 1.23 bits per heavy atom. The molecule has 0 bridgehead atoms. The molecule has 0 unspecified atom stereocenters. The van der Waals surface area contributed by atoms with Crippen molar-refractivity contribution in [3.8, 4) is 0 Å². The van der Waals surface area contributed by atoms with E-state index in [0.717, 1.165) is 49.6 Å². The standard InChI is InChI=1S/C15H19N7/c1-20-11-17-13-9-16-15(19-14(13)20)21-7-3-12(4-8-21)10-22-6-2-5-18-22/h2,5-6,9,11-12H,3-4,7-8,10H2,1H3. The van der Waals surface area contributed by atoms with Gasteiger partial charge in [0.25, 0.3) is 0 Å². The van der Waals surface area contributed by atoms with Crippen LogP contribution in [0.4, 0.5) is 5.95 Å². The summed E-state index contributed by atoms with van der Waals surface area (Å²) in [6.45, 7) is 2.99. The maximum Gasteiger partial charge on any atom is 0.227 e. The van der Waals surface area contributed by atoms with E-state index < -0.39 is 0 Å². The molecule has 4 heterocycles. The molecule has 0 amide bonds. The van der Waals surface area contributed by atoms with Gasteiger partial charge in [-0.15, -0.1) is 0 Å². The minimum absolute atomic E-state index is 0.677. The maximum atomic E-state index is 4.66. The Morgan fingerprint density at radius 2 is 2.09 bits per heavy atom. The highest BCUT2D eigenvalue weighted by Crippen LogP contribution is 2.22. The molecule has 3 aromatic rings. The highest BCUT2D eigenvalue weighted by atomic mass is 15.3. The Balaban J connectivity index is 1.44. The van der Waals surface area contributed by atoms with Crippen LogP contribution in [0.5, 0.6) is 0 Å². The van der Waals surface area contributed by atoms with Crippen molar-refractivity contribution in [3.63, 3.8) is 0 Å². The zero-order valence-corrected chi connectivity index (χ0v) is 12.6. The van der Waals surface area contributed by atoms with Crippen molar-refractivity contribution >= 4 is 17.1 Å². The lowest BCUT2D eigenvalue weighted by molar-refractivity contribution is 0.341. The van der Waals surface area contributed by atoms with Crippen molar-refractivity contribution in [1.29, 1.82) is 0 Å². The fraction of sp³-hybridized carbons (Fsp3) is 0.467. The molecule has 1 aliphatic heterocycles. The highest BCUT2D eigenvalue weighted by molar-refractivity contribution is 5.70. The van der Waals surface area contributed by atoms with Crippen molar-refractivity contribution in [2.45, 2.75) is 19.4 Å². The van der Waals surface area contributed by atoms with Crippen LogP contribution in [0.15, 0.2) is 31.0 Å². The third kappa shape index (κ3) is 2.43. The zero-order valence-electron chi connectivity index (χ0n) is 12.6. The van der Waals surface area contributed by atoms with Crippen LogP contribution < -0.4 is 4.90 Å². The average Bonchev–Trinajstić information content (AvgIpc) is 3.18. The number of imidazole rings is 1. The van der Waals surface area contributed by atoms with Crippen LogP contribution in [0.1, 0.15) is 12.8 Å². The Morgan fingerprint density at radius 3 is 2.86 bits per heavy atom. The zero-order chi connectivity index (χ0) is 14.9. The lowest BCUT2D eigenvalue weighted by atomic mass is 9.97. The van der Waals surface area contributed by atoms with Crippen LogP contribution in [-0.2, 0) is 13.6 Å². The lowest BCUT2D eigenvalue weighted by Crippen LogP contribution is -2.36. The second kappa shape index (κ2) is 5.40. The monoisotopic (exact) mass is 297 g/mol. The van der Waals surface area contributed by atoms with Crippen LogP contribution in [0.25, 0.3) is 11.2 Å². The molecule has 114 valence electrons. The first-order valence-electron chi connectivity index (χ1n) is 7.66. The van der Waals surface area contributed by atoms with E-state index in [0.29, 0.717) is 5.92 Å². The normalized spacial score (nSPS) is 16.5. The molecule has 0 atom stereocenters. The van der Waals surface area contributed by atoms with E-state index in [-0.39, 0.29) is 0 Å². The van der Waals surface area contributed by atoms with Gasteiger partial charge in [0.15, 0.2) is 5.65 Å². The van der Waals surface area contributed by atoms with Gasteiger partial charge in [-0.3, -0.25) is 4.68 Å². The van der Waals surface area contributed by atoms with Crippen molar-refractivity contribution < 1.29 is 0 Å². The maximum absolute atomic E-state index is 4.66. The minimum atomic E-state index is 0.677. The first kappa shape index (κ1) is 13.2. The molecule has 0 spiro atoms. The van der Waals surface area contributed by atoms with Gasteiger partial charge in [0, 0.05) is 39.1 Å². The van der Waals surface area contributed by atoms with E-state index in [4.69, 9.17) is 0 Å². The summed E-state index contributed by atoms with van der Waals surface area (Å²) in [6.07, 6.45) is 9.75. The van der Waals surface area contributed by atoms with Gasteiger partial charge in [0.1, 0.15) is 5.52 Å². The predicted octanol–water partition coefficient (Wildman–Crippen LogP) is 1.48. The number of aromatic nitrogens is 6. The van der Waals surface area contributed by atoms with Crippen LogP contribution in [0.2, 0.25) is 0 Å². The van der Waals surface area contributed by atoms with Crippen LogP contribution in [0, 0.1) is 5.92 Å². The van der Waals surface area contributed by atoms with Crippen molar-refractivity contribution in [2.24, 2.45) is 13.0 Å². The number of aryl methyl sites for hydroxylation is 1. The summed E-state index contributed by atoms with van der Waals surface area (Å²) in [5, 5.41) is 4.29. The smallest absolute Gasteiger partial charge is 0.227 e. The SMILES string of the molecule is Cn1cnc2cnc(N3CCC(Cn4cccn4)CC3)nc21. The third-order valence-corrected chi connectivity index (χ3v) is 4.34. The summed E-state index contributed by atoms with van der Waals surface area (Å²) < 4.78 is 3.96. The van der Waals surface area contributed by atoms with Gasteiger partial charge in [-0.05, 0) is 24.8 Å². The number of rotatable bonds is 3. The molecule has 7 heteroatoms. The van der Waals surface area contributed by atoms with Crippen molar-refractivity contribution in [2.75, 3.05) is 18.0 Å². The second-order valence-corrected chi connectivity index (χ2v) is 5.89. The Labute approximate surface area is 128 Å². The van der Waals surface area contributed by atoms with Crippen molar-refractivity contribution in [3.05, 3.63) is 31.0 Å².